The van der Waals surface area contributed by atoms with E-state index < -0.39 is 0 Å². The van der Waals surface area contributed by atoms with Crippen LogP contribution in [0.2, 0.25) is 0 Å². The SMILES string of the molecule is CCc1cc(=O)oc2cc(OCC(=O)N[C@H]3CCCC[C@@H]3C)ccc12. The number of benzene rings is 1. The second-order valence-electron chi connectivity index (χ2n) is 6.83. The fraction of sp³-hybridized carbons (Fsp3) is 0.500. The van der Waals surface area contributed by atoms with Crippen molar-refractivity contribution in [2.75, 3.05) is 6.61 Å². The van der Waals surface area contributed by atoms with Crippen molar-refractivity contribution >= 4 is 16.9 Å². The summed E-state index contributed by atoms with van der Waals surface area (Å²) in [5.41, 5.74) is 1.07. The lowest BCUT2D eigenvalue weighted by Gasteiger charge is -2.29. The van der Waals surface area contributed by atoms with Crippen LogP contribution in [0.4, 0.5) is 0 Å². The quantitative estimate of drug-likeness (QED) is 0.845. The first-order valence-corrected chi connectivity index (χ1v) is 9.05. The summed E-state index contributed by atoms with van der Waals surface area (Å²) in [6.45, 7) is 4.14. The number of rotatable bonds is 5. The van der Waals surface area contributed by atoms with Crippen LogP contribution in [-0.2, 0) is 11.2 Å². The molecule has 0 radical (unpaired) electrons. The fourth-order valence-corrected chi connectivity index (χ4v) is 3.52. The predicted molar refractivity (Wildman–Crippen MR) is 96.9 cm³/mol. The van der Waals surface area contributed by atoms with Gasteiger partial charge in [0, 0.05) is 23.6 Å². The van der Waals surface area contributed by atoms with Crippen LogP contribution in [0.3, 0.4) is 0 Å². The summed E-state index contributed by atoms with van der Waals surface area (Å²) in [5.74, 6) is 0.929. The Hall–Kier alpha value is -2.30. The zero-order valence-electron chi connectivity index (χ0n) is 14.8. The Morgan fingerprint density at radius 1 is 1.28 bits per heavy atom. The first-order chi connectivity index (χ1) is 12.1. The molecule has 0 saturated heterocycles. The molecule has 25 heavy (non-hydrogen) atoms. The van der Waals surface area contributed by atoms with Crippen molar-refractivity contribution in [3.8, 4) is 5.75 Å². The standard InChI is InChI=1S/C20H25NO4/c1-3-14-10-20(23)25-18-11-15(8-9-16(14)18)24-12-19(22)21-17-7-5-4-6-13(17)2/h8-11,13,17H,3-7,12H2,1-2H3,(H,21,22)/t13-,17-/m0/s1. The fourth-order valence-electron chi connectivity index (χ4n) is 3.52. The molecule has 2 atom stereocenters. The van der Waals surface area contributed by atoms with Gasteiger partial charge in [-0.05, 0) is 42.9 Å². The van der Waals surface area contributed by atoms with E-state index in [2.05, 4.69) is 12.2 Å². The van der Waals surface area contributed by atoms with Crippen molar-refractivity contribution in [1.82, 2.24) is 5.32 Å². The third kappa shape index (κ3) is 4.21. The minimum absolute atomic E-state index is 0.0353. The zero-order valence-corrected chi connectivity index (χ0v) is 14.8. The summed E-state index contributed by atoms with van der Waals surface area (Å²) < 4.78 is 10.8. The van der Waals surface area contributed by atoms with Gasteiger partial charge in [0.15, 0.2) is 6.61 Å². The van der Waals surface area contributed by atoms with E-state index in [9.17, 15) is 9.59 Å². The molecule has 1 aliphatic carbocycles. The second kappa shape index (κ2) is 7.72. The molecule has 0 spiro atoms. The molecule has 1 fully saturated rings. The monoisotopic (exact) mass is 343 g/mol. The summed E-state index contributed by atoms with van der Waals surface area (Å²) in [7, 11) is 0. The first kappa shape index (κ1) is 17.5. The normalized spacial score (nSPS) is 20.4. The molecule has 1 saturated carbocycles. The van der Waals surface area contributed by atoms with E-state index in [1.165, 1.54) is 18.9 Å². The molecule has 0 aliphatic heterocycles. The molecule has 0 unspecified atom stereocenters. The molecule has 1 N–H and O–H groups in total. The number of aryl methyl sites for hydroxylation is 1. The lowest BCUT2D eigenvalue weighted by Crippen LogP contribution is -2.43. The molecule has 5 nitrogen and oxygen atoms in total. The van der Waals surface area contributed by atoms with Crippen molar-refractivity contribution in [3.63, 3.8) is 0 Å². The van der Waals surface area contributed by atoms with Crippen LogP contribution in [0, 0.1) is 5.92 Å². The van der Waals surface area contributed by atoms with Gasteiger partial charge < -0.3 is 14.5 Å². The number of amides is 1. The number of hydrogen-bond donors (Lipinski definition) is 1. The largest absolute Gasteiger partial charge is 0.484 e. The van der Waals surface area contributed by atoms with Gasteiger partial charge in [0.25, 0.3) is 5.91 Å². The maximum Gasteiger partial charge on any atom is 0.336 e. The number of nitrogens with one attached hydrogen (secondary N) is 1. The molecule has 1 aliphatic rings. The molecule has 1 amide bonds. The second-order valence-corrected chi connectivity index (χ2v) is 6.83. The van der Waals surface area contributed by atoms with Crippen molar-refractivity contribution in [1.29, 1.82) is 0 Å². The number of ether oxygens (including phenoxy) is 1. The van der Waals surface area contributed by atoms with Crippen molar-refractivity contribution < 1.29 is 13.9 Å². The molecule has 1 aromatic heterocycles. The van der Waals surface area contributed by atoms with E-state index in [1.54, 1.807) is 12.1 Å². The lowest BCUT2D eigenvalue weighted by atomic mass is 9.86. The van der Waals surface area contributed by atoms with E-state index in [1.807, 2.05) is 13.0 Å². The third-order valence-electron chi connectivity index (χ3n) is 5.01. The Labute approximate surface area is 147 Å². The Bertz CT molecular complexity index is 811. The van der Waals surface area contributed by atoms with Crippen LogP contribution in [-0.4, -0.2) is 18.6 Å². The summed E-state index contributed by atoms with van der Waals surface area (Å²) in [6.07, 6.45) is 5.36. The molecule has 3 rings (SSSR count). The Kier molecular flexibility index (Phi) is 5.41. The summed E-state index contributed by atoms with van der Waals surface area (Å²) >= 11 is 0. The van der Waals surface area contributed by atoms with E-state index in [-0.39, 0.29) is 24.2 Å². The molecule has 2 aromatic rings. The molecule has 1 heterocycles. The minimum Gasteiger partial charge on any atom is -0.484 e. The Morgan fingerprint density at radius 3 is 2.84 bits per heavy atom. The predicted octanol–water partition coefficient (Wildman–Crippen LogP) is 3.43. The molecule has 1 aromatic carbocycles. The highest BCUT2D eigenvalue weighted by atomic mass is 16.5. The minimum atomic E-state index is -0.370. The van der Waals surface area contributed by atoms with Crippen LogP contribution >= 0.6 is 0 Å². The van der Waals surface area contributed by atoms with Crippen LogP contribution in [0.15, 0.2) is 33.5 Å². The summed E-state index contributed by atoms with van der Waals surface area (Å²) in [6, 6.07) is 7.10. The molecule has 5 heteroatoms. The van der Waals surface area contributed by atoms with E-state index in [0.29, 0.717) is 17.3 Å². The highest BCUT2D eigenvalue weighted by Crippen LogP contribution is 2.24. The molecular formula is C20H25NO4. The van der Waals surface area contributed by atoms with Gasteiger partial charge in [-0.3, -0.25) is 4.79 Å². The molecular weight excluding hydrogens is 318 g/mol. The summed E-state index contributed by atoms with van der Waals surface area (Å²) in [4.78, 5) is 23.8. The molecule has 0 bridgehead atoms. The maximum absolute atomic E-state index is 12.1. The van der Waals surface area contributed by atoms with Gasteiger partial charge in [-0.1, -0.05) is 26.7 Å². The number of fused-ring (bicyclic) bond motifs is 1. The van der Waals surface area contributed by atoms with Gasteiger partial charge in [0.2, 0.25) is 0 Å². The van der Waals surface area contributed by atoms with Crippen molar-refractivity contribution in [3.05, 3.63) is 40.2 Å². The number of carbonyl (C=O) groups is 1. The Balaban J connectivity index is 1.64. The van der Waals surface area contributed by atoms with Crippen molar-refractivity contribution in [2.45, 2.75) is 52.0 Å². The number of hydrogen-bond acceptors (Lipinski definition) is 4. The van der Waals surface area contributed by atoms with Gasteiger partial charge in [-0.25, -0.2) is 4.79 Å². The van der Waals surface area contributed by atoms with Crippen LogP contribution in [0.5, 0.6) is 5.75 Å². The lowest BCUT2D eigenvalue weighted by molar-refractivity contribution is -0.124. The smallest absolute Gasteiger partial charge is 0.336 e. The first-order valence-electron chi connectivity index (χ1n) is 9.05. The van der Waals surface area contributed by atoms with Gasteiger partial charge >= 0.3 is 5.63 Å². The number of carbonyl (C=O) groups excluding carboxylic acids is 1. The zero-order chi connectivity index (χ0) is 17.8. The van der Waals surface area contributed by atoms with Gasteiger partial charge in [-0.15, -0.1) is 0 Å². The van der Waals surface area contributed by atoms with Gasteiger partial charge in [0.1, 0.15) is 11.3 Å². The average Bonchev–Trinajstić information content (AvgIpc) is 2.60. The highest BCUT2D eigenvalue weighted by Gasteiger charge is 2.22. The van der Waals surface area contributed by atoms with E-state index >= 15 is 0 Å². The van der Waals surface area contributed by atoms with E-state index in [4.69, 9.17) is 9.15 Å². The summed E-state index contributed by atoms with van der Waals surface area (Å²) in [5, 5.41) is 3.96. The third-order valence-corrected chi connectivity index (χ3v) is 5.01. The van der Waals surface area contributed by atoms with Crippen molar-refractivity contribution in [2.24, 2.45) is 5.92 Å². The topological polar surface area (TPSA) is 68.5 Å². The Morgan fingerprint density at radius 2 is 2.08 bits per heavy atom. The van der Waals surface area contributed by atoms with Crippen LogP contribution in [0.1, 0.15) is 45.1 Å². The van der Waals surface area contributed by atoms with E-state index in [0.717, 1.165) is 30.2 Å². The average molecular weight is 343 g/mol. The molecule has 134 valence electrons. The maximum atomic E-state index is 12.1. The van der Waals surface area contributed by atoms with Gasteiger partial charge in [0.05, 0.1) is 0 Å². The van der Waals surface area contributed by atoms with Gasteiger partial charge in [-0.2, -0.15) is 0 Å². The highest BCUT2D eigenvalue weighted by molar-refractivity contribution is 5.82. The van der Waals surface area contributed by atoms with Crippen LogP contribution in [0.25, 0.3) is 11.0 Å². The van der Waals surface area contributed by atoms with Crippen LogP contribution < -0.4 is 15.7 Å².